The van der Waals surface area contributed by atoms with Crippen LogP contribution in [0.5, 0.6) is 0 Å². The molecule has 0 saturated carbocycles. The molecule has 1 heterocycles. The summed E-state index contributed by atoms with van der Waals surface area (Å²) < 4.78 is 32.8. The van der Waals surface area contributed by atoms with Gasteiger partial charge in [0.15, 0.2) is 0 Å². The first-order chi connectivity index (χ1) is 15.3. The van der Waals surface area contributed by atoms with Crippen LogP contribution in [0, 0.1) is 0 Å². The average molecular weight is 480 g/mol. The number of benzene rings is 2. The maximum atomic E-state index is 13.3. The van der Waals surface area contributed by atoms with Gasteiger partial charge < -0.3 is 14.5 Å². The predicted molar refractivity (Wildman–Crippen MR) is 121 cm³/mol. The Morgan fingerprint density at radius 1 is 0.969 bits per heavy atom. The molecule has 0 bridgehead atoms. The molecule has 2 aromatic carbocycles. The Hall–Kier alpha value is -2.62. The van der Waals surface area contributed by atoms with E-state index in [2.05, 4.69) is 0 Å². The molecule has 8 nitrogen and oxygen atoms in total. The van der Waals surface area contributed by atoms with Gasteiger partial charge in [-0.15, -0.1) is 0 Å². The van der Waals surface area contributed by atoms with Crippen molar-refractivity contribution in [1.29, 1.82) is 0 Å². The van der Waals surface area contributed by atoms with Gasteiger partial charge in [-0.1, -0.05) is 41.9 Å². The largest absolute Gasteiger partial charge is 0.450 e. The Bertz CT molecular complexity index is 1020. The first kappa shape index (κ1) is 24.0. The van der Waals surface area contributed by atoms with Crippen LogP contribution in [-0.2, 0) is 26.1 Å². The maximum Gasteiger partial charge on any atom is 0.409 e. The van der Waals surface area contributed by atoms with Crippen molar-refractivity contribution < 1.29 is 22.7 Å². The van der Waals surface area contributed by atoms with Crippen molar-refractivity contribution >= 4 is 33.6 Å². The van der Waals surface area contributed by atoms with Crippen molar-refractivity contribution in [3.63, 3.8) is 0 Å². The second kappa shape index (κ2) is 10.8. The van der Waals surface area contributed by atoms with Gasteiger partial charge in [-0.2, -0.15) is 4.31 Å². The Balaban J connectivity index is 1.74. The van der Waals surface area contributed by atoms with Crippen molar-refractivity contribution in [3.8, 4) is 0 Å². The number of halogens is 1. The quantitative estimate of drug-likeness (QED) is 0.609. The number of rotatable bonds is 7. The van der Waals surface area contributed by atoms with Crippen molar-refractivity contribution in [3.05, 3.63) is 65.2 Å². The fourth-order valence-electron chi connectivity index (χ4n) is 3.36. The summed E-state index contributed by atoms with van der Waals surface area (Å²) in [6.07, 6.45) is -0.407. The lowest BCUT2D eigenvalue weighted by Gasteiger charge is -2.35. The standard InChI is InChI=1S/C22H26ClN3O5S/c1-2-31-22(28)25-14-12-24(13-15-25)21(27)17-26(16-18-8-10-19(23)11-9-18)32(29,30)20-6-4-3-5-7-20/h3-11H,2,12-17H2,1H3. The number of ether oxygens (including phenoxy) is 1. The van der Waals surface area contributed by atoms with Crippen LogP contribution in [0.25, 0.3) is 0 Å². The summed E-state index contributed by atoms with van der Waals surface area (Å²) in [5.74, 6) is -0.318. The Kier molecular flexibility index (Phi) is 8.11. The third-order valence-electron chi connectivity index (χ3n) is 5.12. The van der Waals surface area contributed by atoms with Gasteiger partial charge in [-0.3, -0.25) is 4.79 Å². The molecule has 1 aliphatic heterocycles. The highest BCUT2D eigenvalue weighted by atomic mass is 35.5. The molecule has 0 aliphatic carbocycles. The molecule has 1 fully saturated rings. The molecule has 1 saturated heterocycles. The summed E-state index contributed by atoms with van der Waals surface area (Å²) in [6, 6.07) is 14.9. The van der Waals surface area contributed by atoms with Crippen LogP contribution in [0.3, 0.4) is 0 Å². The zero-order chi connectivity index (χ0) is 23.1. The molecule has 32 heavy (non-hydrogen) atoms. The Labute approximate surface area is 193 Å². The van der Waals surface area contributed by atoms with E-state index in [-0.39, 0.29) is 30.5 Å². The lowest BCUT2D eigenvalue weighted by atomic mass is 10.2. The molecule has 3 rings (SSSR count). The topological polar surface area (TPSA) is 87.2 Å². The number of carbonyl (C=O) groups is 2. The van der Waals surface area contributed by atoms with E-state index in [0.29, 0.717) is 36.8 Å². The van der Waals surface area contributed by atoms with Gasteiger partial charge in [-0.05, 0) is 36.8 Å². The molecular weight excluding hydrogens is 454 g/mol. The second-order valence-electron chi connectivity index (χ2n) is 7.28. The molecule has 0 N–H and O–H groups in total. The molecule has 1 aliphatic rings. The number of hydrogen-bond donors (Lipinski definition) is 0. The van der Waals surface area contributed by atoms with Crippen LogP contribution in [0.1, 0.15) is 12.5 Å². The smallest absolute Gasteiger partial charge is 0.409 e. The van der Waals surface area contributed by atoms with E-state index in [4.69, 9.17) is 16.3 Å². The molecule has 2 aromatic rings. The summed E-state index contributed by atoms with van der Waals surface area (Å²) in [4.78, 5) is 28.1. The van der Waals surface area contributed by atoms with E-state index in [1.165, 1.54) is 16.4 Å². The number of carbonyl (C=O) groups excluding carboxylic acids is 2. The molecular formula is C22H26ClN3O5S. The third-order valence-corrected chi connectivity index (χ3v) is 7.18. The molecule has 0 radical (unpaired) electrons. The van der Waals surface area contributed by atoms with E-state index < -0.39 is 16.1 Å². The van der Waals surface area contributed by atoms with Crippen molar-refractivity contribution in [2.75, 3.05) is 39.3 Å². The van der Waals surface area contributed by atoms with Crippen molar-refractivity contribution in [2.24, 2.45) is 0 Å². The molecule has 2 amide bonds. The van der Waals surface area contributed by atoms with Crippen LogP contribution < -0.4 is 0 Å². The maximum absolute atomic E-state index is 13.3. The number of amides is 2. The van der Waals surface area contributed by atoms with Crippen molar-refractivity contribution in [1.82, 2.24) is 14.1 Å². The average Bonchev–Trinajstić information content (AvgIpc) is 2.80. The zero-order valence-corrected chi connectivity index (χ0v) is 19.4. The molecule has 0 unspecified atom stereocenters. The number of hydrogen-bond acceptors (Lipinski definition) is 5. The minimum absolute atomic E-state index is 0.0307. The van der Waals surface area contributed by atoms with E-state index in [1.807, 2.05) is 0 Å². The van der Waals surface area contributed by atoms with Gasteiger partial charge in [0.1, 0.15) is 0 Å². The van der Waals surface area contributed by atoms with Crippen LogP contribution in [0.2, 0.25) is 5.02 Å². The van der Waals surface area contributed by atoms with Crippen LogP contribution >= 0.6 is 11.6 Å². The normalized spacial score (nSPS) is 14.5. The van der Waals surface area contributed by atoms with Gasteiger partial charge >= 0.3 is 6.09 Å². The highest BCUT2D eigenvalue weighted by Crippen LogP contribution is 2.20. The summed E-state index contributed by atoms with van der Waals surface area (Å²) >= 11 is 5.94. The minimum Gasteiger partial charge on any atom is -0.450 e. The van der Waals surface area contributed by atoms with Gasteiger partial charge in [0, 0.05) is 37.7 Å². The highest BCUT2D eigenvalue weighted by molar-refractivity contribution is 7.89. The second-order valence-corrected chi connectivity index (χ2v) is 9.65. The SMILES string of the molecule is CCOC(=O)N1CCN(C(=O)CN(Cc2ccc(Cl)cc2)S(=O)(=O)c2ccccc2)CC1. The minimum atomic E-state index is -3.91. The summed E-state index contributed by atoms with van der Waals surface area (Å²) in [6.45, 7) is 3.06. The van der Waals surface area contributed by atoms with E-state index in [1.54, 1.807) is 59.2 Å². The molecule has 0 aromatic heterocycles. The van der Waals surface area contributed by atoms with E-state index in [0.717, 1.165) is 0 Å². The fourth-order valence-corrected chi connectivity index (χ4v) is 4.89. The van der Waals surface area contributed by atoms with E-state index in [9.17, 15) is 18.0 Å². The first-order valence-electron chi connectivity index (χ1n) is 10.3. The lowest BCUT2D eigenvalue weighted by Crippen LogP contribution is -2.53. The van der Waals surface area contributed by atoms with Gasteiger partial charge in [-0.25, -0.2) is 13.2 Å². The Morgan fingerprint density at radius 3 is 2.16 bits per heavy atom. The third kappa shape index (κ3) is 5.99. The van der Waals surface area contributed by atoms with Crippen LogP contribution in [-0.4, -0.2) is 73.9 Å². The van der Waals surface area contributed by atoms with Crippen LogP contribution in [0.4, 0.5) is 4.79 Å². The lowest BCUT2D eigenvalue weighted by molar-refractivity contribution is -0.133. The van der Waals surface area contributed by atoms with Crippen molar-refractivity contribution in [2.45, 2.75) is 18.4 Å². The van der Waals surface area contributed by atoms with Gasteiger partial charge in [0.2, 0.25) is 15.9 Å². The number of nitrogens with zero attached hydrogens (tertiary/aromatic N) is 3. The monoisotopic (exact) mass is 479 g/mol. The van der Waals surface area contributed by atoms with E-state index >= 15 is 0 Å². The Morgan fingerprint density at radius 2 is 1.56 bits per heavy atom. The molecule has 10 heteroatoms. The van der Waals surface area contributed by atoms with Gasteiger partial charge in [0.05, 0.1) is 18.0 Å². The molecule has 172 valence electrons. The van der Waals surface area contributed by atoms with Gasteiger partial charge in [0.25, 0.3) is 0 Å². The first-order valence-corrected chi connectivity index (χ1v) is 12.1. The number of piperazine rings is 1. The zero-order valence-electron chi connectivity index (χ0n) is 17.8. The summed E-state index contributed by atoms with van der Waals surface area (Å²) in [5, 5.41) is 0.543. The summed E-state index contributed by atoms with van der Waals surface area (Å²) in [7, 11) is -3.91. The molecule has 0 atom stereocenters. The highest BCUT2D eigenvalue weighted by Gasteiger charge is 2.31. The predicted octanol–water partition coefficient (Wildman–Crippen LogP) is 2.83. The fraction of sp³-hybridized carbons (Fsp3) is 0.364. The van der Waals surface area contributed by atoms with Crippen LogP contribution in [0.15, 0.2) is 59.5 Å². The number of sulfonamides is 1. The summed E-state index contributed by atoms with van der Waals surface area (Å²) in [5.41, 5.74) is 0.717. The molecule has 0 spiro atoms.